The van der Waals surface area contributed by atoms with E-state index in [2.05, 4.69) is 5.32 Å². The number of rotatable bonds is 4. The molecule has 2 atom stereocenters. The molecule has 1 aliphatic rings. The van der Waals surface area contributed by atoms with Gasteiger partial charge in [-0.15, -0.1) is 0 Å². The summed E-state index contributed by atoms with van der Waals surface area (Å²) in [5.74, 6) is 0.276. The first-order valence-electron chi connectivity index (χ1n) is 6.63. The van der Waals surface area contributed by atoms with Crippen molar-refractivity contribution in [3.8, 4) is 5.75 Å². The van der Waals surface area contributed by atoms with Gasteiger partial charge in [0.25, 0.3) is 0 Å². The molecule has 1 aromatic carbocycles. The van der Waals surface area contributed by atoms with Crippen molar-refractivity contribution in [2.24, 2.45) is 5.73 Å². The van der Waals surface area contributed by atoms with E-state index in [0.717, 1.165) is 31.2 Å². The number of amides is 1. The molecule has 5 heteroatoms. The lowest BCUT2D eigenvalue weighted by molar-refractivity contribution is 0.0579. The van der Waals surface area contributed by atoms with Crippen molar-refractivity contribution in [3.05, 3.63) is 29.8 Å². The number of primary amides is 1. The topological polar surface area (TPSA) is 84.6 Å². The fraction of sp³-hybridized carbons (Fsp3) is 0.500. The molecule has 0 unspecified atom stereocenters. The minimum absolute atomic E-state index is 0.0980. The van der Waals surface area contributed by atoms with E-state index in [9.17, 15) is 9.90 Å². The maximum atomic E-state index is 10.9. The highest BCUT2D eigenvalue weighted by molar-refractivity contribution is 5.64. The van der Waals surface area contributed by atoms with Crippen molar-refractivity contribution >= 4 is 6.09 Å². The summed E-state index contributed by atoms with van der Waals surface area (Å²) in [6.07, 6.45) is 3.05. The molecule has 0 aromatic heterocycles. The van der Waals surface area contributed by atoms with Crippen LogP contribution in [0.2, 0.25) is 0 Å². The highest BCUT2D eigenvalue weighted by atomic mass is 16.6. The third kappa shape index (κ3) is 3.86. The standard InChI is InChI=1S/C14H20N2O3/c15-14(18)19-13-8-4-2-6-11(13)16-9-10-5-1-3-7-12(10)17/h1,3,5,7,11,13,16-17H,2,4,6,8-9H2,(H2,15,18)/t11-,13-/m1/s1. The zero-order valence-electron chi connectivity index (χ0n) is 10.8. The van der Waals surface area contributed by atoms with E-state index in [1.165, 1.54) is 0 Å². The van der Waals surface area contributed by atoms with E-state index in [1.54, 1.807) is 12.1 Å². The molecular formula is C14H20N2O3. The Balaban J connectivity index is 1.92. The second-order valence-corrected chi connectivity index (χ2v) is 4.88. The Kier molecular flexibility index (Phi) is 4.63. The van der Waals surface area contributed by atoms with Crippen LogP contribution in [0.15, 0.2) is 24.3 Å². The van der Waals surface area contributed by atoms with Crippen LogP contribution in [0.4, 0.5) is 4.79 Å². The number of nitrogens with two attached hydrogens (primary N) is 1. The normalized spacial score (nSPS) is 22.9. The Morgan fingerprint density at radius 3 is 2.84 bits per heavy atom. The van der Waals surface area contributed by atoms with Gasteiger partial charge in [-0.05, 0) is 25.3 Å². The van der Waals surface area contributed by atoms with E-state index in [4.69, 9.17) is 10.5 Å². The Morgan fingerprint density at radius 2 is 2.11 bits per heavy atom. The number of phenols is 1. The van der Waals surface area contributed by atoms with Crippen molar-refractivity contribution in [1.82, 2.24) is 5.32 Å². The summed E-state index contributed by atoms with van der Waals surface area (Å²) in [5.41, 5.74) is 5.93. The minimum Gasteiger partial charge on any atom is -0.508 e. The number of para-hydroxylation sites is 1. The first-order valence-corrected chi connectivity index (χ1v) is 6.63. The molecule has 4 N–H and O–H groups in total. The molecule has 19 heavy (non-hydrogen) atoms. The average molecular weight is 264 g/mol. The molecule has 0 bridgehead atoms. The van der Waals surface area contributed by atoms with E-state index >= 15 is 0 Å². The Hall–Kier alpha value is -1.75. The number of benzene rings is 1. The van der Waals surface area contributed by atoms with Crippen LogP contribution < -0.4 is 11.1 Å². The van der Waals surface area contributed by atoms with Crippen LogP contribution in [0.3, 0.4) is 0 Å². The summed E-state index contributed by atoms with van der Waals surface area (Å²) < 4.78 is 5.14. The molecule has 104 valence electrons. The predicted octanol–water partition coefficient (Wildman–Crippen LogP) is 1.89. The summed E-state index contributed by atoms with van der Waals surface area (Å²) in [5, 5.41) is 13.0. The summed E-state index contributed by atoms with van der Waals surface area (Å²) >= 11 is 0. The summed E-state index contributed by atoms with van der Waals surface area (Å²) in [4.78, 5) is 10.9. The number of aromatic hydroxyl groups is 1. The van der Waals surface area contributed by atoms with Gasteiger partial charge in [-0.25, -0.2) is 4.79 Å². The van der Waals surface area contributed by atoms with Crippen molar-refractivity contribution in [2.45, 2.75) is 44.4 Å². The highest BCUT2D eigenvalue weighted by Gasteiger charge is 2.27. The number of ether oxygens (including phenoxy) is 1. The number of hydrogen-bond acceptors (Lipinski definition) is 4. The third-order valence-electron chi connectivity index (χ3n) is 3.52. The molecule has 1 fully saturated rings. The van der Waals surface area contributed by atoms with Gasteiger partial charge < -0.3 is 20.9 Å². The Morgan fingerprint density at radius 1 is 1.37 bits per heavy atom. The zero-order valence-corrected chi connectivity index (χ0v) is 10.8. The van der Waals surface area contributed by atoms with Gasteiger partial charge in [0.1, 0.15) is 11.9 Å². The Bertz CT molecular complexity index is 436. The smallest absolute Gasteiger partial charge is 0.404 e. The van der Waals surface area contributed by atoms with Crippen LogP contribution in [0.25, 0.3) is 0 Å². The molecule has 1 saturated carbocycles. The number of hydrogen-bond donors (Lipinski definition) is 3. The highest BCUT2D eigenvalue weighted by Crippen LogP contribution is 2.22. The first-order chi connectivity index (χ1) is 9.16. The SMILES string of the molecule is NC(=O)O[C@@H]1CCCC[C@H]1NCc1ccccc1O. The lowest BCUT2D eigenvalue weighted by Crippen LogP contribution is -2.44. The summed E-state index contributed by atoms with van der Waals surface area (Å²) in [6.45, 7) is 0.552. The van der Waals surface area contributed by atoms with Gasteiger partial charge >= 0.3 is 6.09 Å². The van der Waals surface area contributed by atoms with E-state index < -0.39 is 6.09 Å². The molecule has 2 rings (SSSR count). The van der Waals surface area contributed by atoms with Crippen LogP contribution in [-0.2, 0) is 11.3 Å². The zero-order chi connectivity index (χ0) is 13.7. The maximum absolute atomic E-state index is 10.9. The Labute approximate surface area is 112 Å². The fourth-order valence-electron chi connectivity index (χ4n) is 2.52. The molecular weight excluding hydrogens is 244 g/mol. The van der Waals surface area contributed by atoms with E-state index in [0.29, 0.717) is 6.54 Å². The van der Waals surface area contributed by atoms with Crippen molar-refractivity contribution in [1.29, 1.82) is 0 Å². The van der Waals surface area contributed by atoms with Crippen molar-refractivity contribution in [2.75, 3.05) is 0 Å². The minimum atomic E-state index is -0.721. The largest absolute Gasteiger partial charge is 0.508 e. The molecule has 0 spiro atoms. The average Bonchev–Trinajstić information content (AvgIpc) is 2.39. The number of phenolic OH excluding ortho intramolecular Hbond substituents is 1. The van der Waals surface area contributed by atoms with E-state index in [-0.39, 0.29) is 17.9 Å². The van der Waals surface area contributed by atoms with Crippen LogP contribution in [0.5, 0.6) is 5.75 Å². The van der Waals surface area contributed by atoms with Gasteiger partial charge in [-0.1, -0.05) is 24.6 Å². The monoisotopic (exact) mass is 264 g/mol. The first kappa shape index (κ1) is 13.7. The van der Waals surface area contributed by atoms with Crippen molar-refractivity contribution in [3.63, 3.8) is 0 Å². The van der Waals surface area contributed by atoms with Crippen LogP contribution in [0.1, 0.15) is 31.2 Å². The summed E-state index contributed by atoms with van der Waals surface area (Å²) in [6, 6.07) is 7.30. The molecule has 1 aliphatic carbocycles. The molecule has 1 aromatic rings. The molecule has 5 nitrogen and oxygen atoms in total. The molecule has 0 aliphatic heterocycles. The van der Waals surface area contributed by atoms with Gasteiger partial charge in [0.2, 0.25) is 0 Å². The van der Waals surface area contributed by atoms with Gasteiger partial charge in [-0.2, -0.15) is 0 Å². The van der Waals surface area contributed by atoms with Gasteiger partial charge in [0.05, 0.1) is 0 Å². The molecule has 1 amide bonds. The maximum Gasteiger partial charge on any atom is 0.404 e. The van der Waals surface area contributed by atoms with Gasteiger partial charge in [0.15, 0.2) is 0 Å². The van der Waals surface area contributed by atoms with E-state index in [1.807, 2.05) is 12.1 Å². The molecule has 0 saturated heterocycles. The second kappa shape index (κ2) is 6.43. The lowest BCUT2D eigenvalue weighted by Gasteiger charge is -2.31. The fourth-order valence-corrected chi connectivity index (χ4v) is 2.52. The second-order valence-electron chi connectivity index (χ2n) is 4.88. The van der Waals surface area contributed by atoms with Crippen LogP contribution >= 0.6 is 0 Å². The number of carbonyl (C=O) groups excluding carboxylic acids is 1. The van der Waals surface area contributed by atoms with Crippen LogP contribution in [0, 0.1) is 0 Å². The van der Waals surface area contributed by atoms with Gasteiger partial charge in [0, 0.05) is 18.2 Å². The number of nitrogens with one attached hydrogen (secondary N) is 1. The van der Waals surface area contributed by atoms with Gasteiger partial charge in [-0.3, -0.25) is 0 Å². The third-order valence-corrected chi connectivity index (χ3v) is 3.52. The lowest BCUT2D eigenvalue weighted by atomic mass is 9.92. The quantitative estimate of drug-likeness (QED) is 0.775. The predicted molar refractivity (Wildman–Crippen MR) is 71.7 cm³/mol. The van der Waals surface area contributed by atoms with Crippen molar-refractivity contribution < 1.29 is 14.6 Å². The molecule has 0 radical (unpaired) electrons. The van der Waals surface area contributed by atoms with Crippen LogP contribution in [-0.4, -0.2) is 23.3 Å². The number of carbonyl (C=O) groups is 1. The summed E-state index contributed by atoms with van der Waals surface area (Å²) in [7, 11) is 0. The molecule has 0 heterocycles.